The number of phenols is 1. The number of hydrogen-bond acceptors (Lipinski definition) is 5. The number of nitrogens with one attached hydrogen (secondary N) is 1. The minimum Gasteiger partial charge on any atom is -0.502 e. The predicted molar refractivity (Wildman–Crippen MR) is 77.0 cm³/mol. The minimum atomic E-state index is 0.00958. The van der Waals surface area contributed by atoms with E-state index in [2.05, 4.69) is 17.2 Å². The van der Waals surface area contributed by atoms with Crippen LogP contribution in [0, 0.1) is 0 Å². The van der Waals surface area contributed by atoms with Crippen LogP contribution in [0.3, 0.4) is 0 Å². The molecule has 0 atom stereocenters. The van der Waals surface area contributed by atoms with E-state index in [1.54, 1.807) is 18.3 Å². The molecule has 0 unspecified atom stereocenters. The van der Waals surface area contributed by atoms with Gasteiger partial charge in [-0.2, -0.15) is 5.10 Å². The highest BCUT2D eigenvalue weighted by Crippen LogP contribution is 2.36. The third-order valence-corrected chi connectivity index (χ3v) is 3.47. The first-order valence-electron chi connectivity index (χ1n) is 6.69. The Morgan fingerprint density at radius 1 is 1.20 bits per heavy atom. The summed E-state index contributed by atoms with van der Waals surface area (Å²) in [6.07, 6.45) is 1.77. The van der Waals surface area contributed by atoms with E-state index in [9.17, 15) is 5.11 Å². The molecule has 1 fully saturated rings. The Morgan fingerprint density at radius 3 is 2.25 bits per heavy atom. The van der Waals surface area contributed by atoms with E-state index in [0.717, 1.165) is 31.7 Å². The molecule has 20 heavy (non-hydrogen) atoms. The summed E-state index contributed by atoms with van der Waals surface area (Å²) in [6.45, 7) is 4.10. The summed E-state index contributed by atoms with van der Waals surface area (Å²) < 4.78 is 10.3. The number of hydrazone groups is 1. The minimum absolute atomic E-state index is 0.00958. The van der Waals surface area contributed by atoms with Crippen LogP contribution in [0.5, 0.6) is 17.2 Å². The molecule has 0 aliphatic carbocycles. The molecule has 0 spiro atoms. The Hall–Kier alpha value is -1.95. The van der Waals surface area contributed by atoms with Gasteiger partial charge in [-0.1, -0.05) is 0 Å². The van der Waals surface area contributed by atoms with Crippen LogP contribution in [0.15, 0.2) is 17.2 Å². The fourth-order valence-corrected chi connectivity index (χ4v) is 2.13. The van der Waals surface area contributed by atoms with Crippen LogP contribution in [0.25, 0.3) is 0 Å². The van der Waals surface area contributed by atoms with Crippen LogP contribution < -0.4 is 14.4 Å². The zero-order valence-corrected chi connectivity index (χ0v) is 12.2. The molecule has 2 N–H and O–H groups in total. The molecule has 110 valence electrons. The molecule has 0 aromatic heterocycles. The molecule has 1 aliphatic heterocycles. The van der Waals surface area contributed by atoms with Crippen molar-refractivity contribution in [2.24, 2.45) is 5.10 Å². The number of phenolic OH excluding ortho intramolecular Hbond substituents is 1. The Morgan fingerprint density at radius 2 is 1.75 bits per heavy atom. The van der Waals surface area contributed by atoms with Gasteiger partial charge in [0, 0.05) is 5.56 Å². The van der Waals surface area contributed by atoms with Gasteiger partial charge < -0.3 is 19.5 Å². The summed E-state index contributed by atoms with van der Waals surface area (Å²) in [6, 6.07) is 3.48. The predicted octanol–water partition coefficient (Wildman–Crippen LogP) is -0.426. The smallest absolute Gasteiger partial charge is 0.200 e. The zero-order valence-electron chi connectivity index (χ0n) is 12.2. The highest BCUT2D eigenvalue weighted by molar-refractivity contribution is 5.82. The second-order valence-corrected chi connectivity index (χ2v) is 4.93. The van der Waals surface area contributed by atoms with Crippen molar-refractivity contribution in [2.75, 3.05) is 47.4 Å². The Balaban J connectivity index is 2.12. The number of benzene rings is 1. The molecule has 0 amide bonds. The number of rotatable bonds is 4. The van der Waals surface area contributed by atoms with Gasteiger partial charge in [0.2, 0.25) is 5.75 Å². The molecule has 0 saturated carbocycles. The van der Waals surface area contributed by atoms with Gasteiger partial charge in [-0.15, -0.1) is 0 Å². The van der Waals surface area contributed by atoms with Gasteiger partial charge in [0.15, 0.2) is 11.5 Å². The molecule has 1 aromatic carbocycles. The molecule has 0 bridgehead atoms. The number of aromatic hydroxyl groups is 1. The number of hydrogen-bond donors (Lipinski definition) is 2. The standard InChI is InChI=1S/C14H21N3O3/c1-16-4-6-17(7-5-16)15-10-11-8-12(19-2)14(18)13(9-11)20-3/h8-10,18H,4-7H2,1-3H3/p+1/b15-10+. The second-order valence-electron chi connectivity index (χ2n) is 4.93. The summed E-state index contributed by atoms with van der Waals surface area (Å²) in [5, 5.41) is 16.4. The maximum atomic E-state index is 9.85. The van der Waals surface area contributed by atoms with E-state index in [4.69, 9.17) is 9.47 Å². The molecule has 1 aromatic rings. The summed E-state index contributed by atoms with van der Waals surface area (Å²) in [7, 11) is 5.22. The molecule has 1 aliphatic rings. The van der Waals surface area contributed by atoms with Gasteiger partial charge in [0.1, 0.15) is 0 Å². The van der Waals surface area contributed by atoms with Crippen LogP contribution in [-0.4, -0.2) is 63.8 Å². The van der Waals surface area contributed by atoms with Crippen LogP contribution in [0.4, 0.5) is 0 Å². The number of piperazine rings is 1. The van der Waals surface area contributed by atoms with Crippen molar-refractivity contribution in [3.05, 3.63) is 17.7 Å². The second kappa shape index (κ2) is 6.47. The lowest BCUT2D eigenvalue weighted by molar-refractivity contribution is -0.884. The average molecular weight is 280 g/mol. The number of quaternary nitrogens is 1. The van der Waals surface area contributed by atoms with Gasteiger partial charge >= 0.3 is 0 Å². The van der Waals surface area contributed by atoms with Crippen molar-refractivity contribution in [1.29, 1.82) is 0 Å². The first kappa shape index (κ1) is 14.5. The molecule has 1 saturated heterocycles. The molecule has 2 rings (SSSR count). The molecule has 6 nitrogen and oxygen atoms in total. The lowest BCUT2D eigenvalue weighted by Crippen LogP contribution is -3.11. The van der Waals surface area contributed by atoms with E-state index in [0.29, 0.717) is 11.5 Å². The molecule has 6 heteroatoms. The van der Waals surface area contributed by atoms with E-state index < -0.39 is 0 Å². The monoisotopic (exact) mass is 280 g/mol. The highest BCUT2D eigenvalue weighted by Gasteiger charge is 2.14. The number of likely N-dealkylation sites (N-methyl/N-ethyl adjacent to an activating group) is 1. The maximum Gasteiger partial charge on any atom is 0.200 e. The summed E-state index contributed by atoms with van der Waals surface area (Å²) in [5.41, 5.74) is 0.836. The van der Waals surface area contributed by atoms with E-state index in [-0.39, 0.29) is 5.75 Å². The third kappa shape index (κ3) is 3.33. The zero-order chi connectivity index (χ0) is 14.5. The third-order valence-electron chi connectivity index (χ3n) is 3.47. The van der Waals surface area contributed by atoms with Crippen LogP contribution in [0.2, 0.25) is 0 Å². The van der Waals surface area contributed by atoms with Crippen molar-refractivity contribution in [1.82, 2.24) is 5.01 Å². The van der Waals surface area contributed by atoms with Crippen molar-refractivity contribution in [3.8, 4) is 17.2 Å². The van der Waals surface area contributed by atoms with Crippen LogP contribution >= 0.6 is 0 Å². The summed E-state index contributed by atoms with van der Waals surface area (Å²) >= 11 is 0. The lowest BCUT2D eigenvalue weighted by atomic mass is 10.2. The van der Waals surface area contributed by atoms with Crippen LogP contribution in [-0.2, 0) is 0 Å². The Bertz CT molecular complexity index is 458. The first-order chi connectivity index (χ1) is 9.63. The number of methoxy groups -OCH3 is 2. The van der Waals surface area contributed by atoms with Gasteiger partial charge in [-0.25, -0.2) is 0 Å². The van der Waals surface area contributed by atoms with E-state index in [1.807, 2.05) is 0 Å². The molecular weight excluding hydrogens is 258 g/mol. The fraction of sp³-hybridized carbons (Fsp3) is 0.500. The Kier molecular flexibility index (Phi) is 4.68. The largest absolute Gasteiger partial charge is 0.502 e. The van der Waals surface area contributed by atoms with Gasteiger partial charge in [0.25, 0.3) is 0 Å². The molecule has 0 radical (unpaired) electrons. The average Bonchev–Trinajstić information content (AvgIpc) is 2.47. The van der Waals surface area contributed by atoms with Crippen molar-refractivity contribution in [2.45, 2.75) is 0 Å². The van der Waals surface area contributed by atoms with Gasteiger partial charge in [-0.05, 0) is 12.1 Å². The fourth-order valence-electron chi connectivity index (χ4n) is 2.13. The Labute approximate surface area is 119 Å². The molecular formula is C14H22N3O3+. The molecule has 1 heterocycles. The topological polar surface area (TPSA) is 58.7 Å². The highest BCUT2D eigenvalue weighted by atomic mass is 16.5. The quantitative estimate of drug-likeness (QED) is 0.735. The SMILES string of the molecule is COc1cc(/C=N/N2CC[NH+](C)CC2)cc(OC)c1O. The van der Waals surface area contributed by atoms with Gasteiger partial charge in [0.05, 0.1) is 53.7 Å². The van der Waals surface area contributed by atoms with Crippen molar-refractivity contribution >= 4 is 6.21 Å². The van der Waals surface area contributed by atoms with Crippen LogP contribution in [0.1, 0.15) is 5.56 Å². The van der Waals surface area contributed by atoms with Crippen molar-refractivity contribution < 1.29 is 19.5 Å². The van der Waals surface area contributed by atoms with E-state index >= 15 is 0 Å². The lowest BCUT2D eigenvalue weighted by Gasteiger charge is -2.27. The number of nitrogens with zero attached hydrogens (tertiary/aromatic N) is 2. The summed E-state index contributed by atoms with van der Waals surface area (Å²) in [4.78, 5) is 1.53. The summed E-state index contributed by atoms with van der Waals surface area (Å²) in [5.74, 6) is 0.776. The number of ether oxygens (including phenoxy) is 2. The first-order valence-corrected chi connectivity index (χ1v) is 6.69. The van der Waals surface area contributed by atoms with Gasteiger partial charge in [-0.3, -0.25) is 5.01 Å². The van der Waals surface area contributed by atoms with Crippen molar-refractivity contribution in [3.63, 3.8) is 0 Å². The maximum absolute atomic E-state index is 9.85. The normalized spacial score (nSPS) is 16.6. The van der Waals surface area contributed by atoms with E-state index in [1.165, 1.54) is 19.1 Å².